The van der Waals surface area contributed by atoms with E-state index in [4.69, 9.17) is 0 Å². The molecule has 0 aliphatic heterocycles. The lowest BCUT2D eigenvalue weighted by atomic mass is 9.94. The van der Waals surface area contributed by atoms with Gasteiger partial charge in [0.1, 0.15) is 6.10 Å². The van der Waals surface area contributed by atoms with E-state index in [0.717, 1.165) is 16.7 Å². The van der Waals surface area contributed by atoms with E-state index in [9.17, 15) is 5.11 Å². The van der Waals surface area contributed by atoms with Crippen molar-refractivity contribution in [2.24, 2.45) is 0 Å². The van der Waals surface area contributed by atoms with E-state index in [2.05, 4.69) is 31.0 Å². The Balaban J connectivity index is 2.44. The van der Waals surface area contributed by atoms with E-state index in [1.54, 1.807) is 12.4 Å². The second-order valence-corrected chi connectivity index (χ2v) is 4.48. The minimum absolute atomic E-state index is 0.594. The summed E-state index contributed by atoms with van der Waals surface area (Å²) in [6.45, 7) is 6.18. The van der Waals surface area contributed by atoms with Crippen LogP contribution in [0.3, 0.4) is 0 Å². The van der Waals surface area contributed by atoms with E-state index in [-0.39, 0.29) is 0 Å². The van der Waals surface area contributed by atoms with Gasteiger partial charge in [-0.25, -0.2) is 0 Å². The molecule has 0 radical (unpaired) electrons. The van der Waals surface area contributed by atoms with Crippen LogP contribution >= 0.6 is 0 Å². The van der Waals surface area contributed by atoms with Gasteiger partial charge in [0.25, 0.3) is 0 Å². The number of aryl methyl sites for hydroxylation is 3. The molecular formula is C15H17NO. The van der Waals surface area contributed by atoms with Crippen LogP contribution in [0.5, 0.6) is 0 Å². The highest BCUT2D eigenvalue weighted by molar-refractivity contribution is 5.40. The highest BCUT2D eigenvalue weighted by atomic mass is 16.3. The molecule has 0 aliphatic carbocycles. The van der Waals surface area contributed by atoms with E-state index in [1.807, 2.05) is 19.1 Å². The average molecular weight is 227 g/mol. The van der Waals surface area contributed by atoms with Crippen molar-refractivity contribution in [2.75, 3.05) is 0 Å². The first-order valence-corrected chi connectivity index (χ1v) is 5.75. The predicted octanol–water partition coefficient (Wildman–Crippen LogP) is 3.09. The van der Waals surface area contributed by atoms with Crippen LogP contribution in [0.2, 0.25) is 0 Å². The lowest BCUT2D eigenvalue weighted by molar-refractivity contribution is 0.219. The predicted molar refractivity (Wildman–Crippen MR) is 69.0 cm³/mol. The topological polar surface area (TPSA) is 33.1 Å². The maximum atomic E-state index is 10.3. The summed E-state index contributed by atoms with van der Waals surface area (Å²) in [5, 5.41) is 10.3. The summed E-state index contributed by atoms with van der Waals surface area (Å²) in [6, 6.07) is 7.91. The fourth-order valence-electron chi connectivity index (χ4n) is 1.99. The summed E-state index contributed by atoms with van der Waals surface area (Å²) in [5.41, 5.74) is 5.36. The number of pyridine rings is 1. The zero-order chi connectivity index (χ0) is 12.4. The Kier molecular flexibility index (Phi) is 3.25. The van der Waals surface area contributed by atoms with Crippen LogP contribution < -0.4 is 0 Å². The van der Waals surface area contributed by atoms with Gasteiger partial charge in [-0.15, -0.1) is 0 Å². The molecule has 1 aromatic heterocycles. The molecule has 17 heavy (non-hydrogen) atoms. The third-order valence-electron chi connectivity index (χ3n) is 3.18. The largest absolute Gasteiger partial charge is 0.384 e. The summed E-state index contributed by atoms with van der Waals surface area (Å²) in [7, 11) is 0. The quantitative estimate of drug-likeness (QED) is 0.855. The summed E-state index contributed by atoms with van der Waals surface area (Å²) < 4.78 is 0. The van der Waals surface area contributed by atoms with Crippen molar-refractivity contribution < 1.29 is 5.11 Å². The van der Waals surface area contributed by atoms with Crippen LogP contribution in [-0.2, 0) is 0 Å². The normalized spacial score (nSPS) is 12.5. The lowest BCUT2D eigenvalue weighted by Gasteiger charge is -2.16. The van der Waals surface area contributed by atoms with Crippen molar-refractivity contribution in [3.8, 4) is 0 Å². The third kappa shape index (κ3) is 2.37. The highest BCUT2D eigenvalue weighted by Crippen LogP contribution is 2.26. The van der Waals surface area contributed by atoms with Gasteiger partial charge in [0.15, 0.2) is 0 Å². The molecule has 88 valence electrons. The van der Waals surface area contributed by atoms with Crippen molar-refractivity contribution in [3.63, 3.8) is 0 Å². The van der Waals surface area contributed by atoms with Crippen molar-refractivity contribution in [1.29, 1.82) is 0 Å². The highest BCUT2D eigenvalue weighted by Gasteiger charge is 2.13. The van der Waals surface area contributed by atoms with Gasteiger partial charge < -0.3 is 5.11 Å². The van der Waals surface area contributed by atoms with Gasteiger partial charge in [0, 0.05) is 18.0 Å². The first kappa shape index (κ1) is 11.8. The Bertz CT molecular complexity index is 520. The van der Waals surface area contributed by atoms with Crippen LogP contribution in [0, 0.1) is 20.8 Å². The Labute approximate surface area is 102 Å². The van der Waals surface area contributed by atoms with Crippen molar-refractivity contribution in [3.05, 3.63) is 64.5 Å². The molecule has 1 unspecified atom stereocenters. The van der Waals surface area contributed by atoms with Gasteiger partial charge in [-0.2, -0.15) is 0 Å². The number of benzene rings is 1. The molecule has 2 rings (SSSR count). The SMILES string of the molecule is Cc1cc(C)c(C(O)c2cccnc2)cc1C. The molecule has 0 fully saturated rings. The van der Waals surface area contributed by atoms with Crippen molar-refractivity contribution >= 4 is 0 Å². The second kappa shape index (κ2) is 4.68. The number of aliphatic hydroxyl groups excluding tert-OH is 1. The van der Waals surface area contributed by atoms with Gasteiger partial charge in [-0.1, -0.05) is 18.2 Å². The zero-order valence-corrected chi connectivity index (χ0v) is 10.4. The maximum absolute atomic E-state index is 10.3. The molecule has 0 bridgehead atoms. The molecule has 1 N–H and O–H groups in total. The van der Waals surface area contributed by atoms with Gasteiger partial charge >= 0.3 is 0 Å². The maximum Gasteiger partial charge on any atom is 0.106 e. The van der Waals surface area contributed by atoms with Gasteiger partial charge in [0.2, 0.25) is 0 Å². The van der Waals surface area contributed by atoms with Crippen LogP contribution in [0.15, 0.2) is 36.7 Å². The van der Waals surface area contributed by atoms with Gasteiger partial charge in [-0.3, -0.25) is 4.98 Å². The number of aromatic nitrogens is 1. The molecule has 0 saturated heterocycles. The Morgan fingerprint density at radius 2 is 1.76 bits per heavy atom. The summed E-state index contributed by atoms with van der Waals surface area (Å²) >= 11 is 0. The minimum Gasteiger partial charge on any atom is -0.384 e. The summed E-state index contributed by atoms with van der Waals surface area (Å²) in [5.74, 6) is 0. The molecule has 1 atom stereocenters. The fourth-order valence-corrected chi connectivity index (χ4v) is 1.99. The fraction of sp³-hybridized carbons (Fsp3) is 0.267. The van der Waals surface area contributed by atoms with Crippen molar-refractivity contribution in [1.82, 2.24) is 4.98 Å². The van der Waals surface area contributed by atoms with Crippen LogP contribution in [0.1, 0.15) is 33.9 Å². The molecule has 0 amide bonds. The minimum atomic E-state index is -0.594. The molecule has 0 spiro atoms. The Morgan fingerprint density at radius 3 is 2.41 bits per heavy atom. The number of rotatable bonds is 2. The molecule has 2 heteroatoms. The number of hydrogen-bond acceptors (Lipinski definition) is 2. The Morgan fingerprint density at radius 1 is 1.06 bits per heavy atom. The second-order valence-electron chi connectivity index (χ2n) is 4.48. The molecular weight excluding hydrogens is 210 g/mol. The number of nitrogens with zero attached hydrogens (tertiary/aromatic N) is 1. The van der Waals surface area contributed by atoms with E-state index < -0.39 is 6.10 Å². The van der Waals surface area contributed by atoms with E-state index >= 15 is 0 Å². The smallest absolute Gasteiger partial charge is 0.106 e. The Hall–Kier alpha value is -1.67. The molecule has 2 nitrogen and oxygen atoms in total. The molecule has 0 aliphatic rings. The van der Waals surface area contributed by atoms with Gasteiger partial charge in [-0.05, 0) is 49.1 Å². The van der Waals surface area contributed by atoms with Crippen LogP contribution in [-0.4, -0.2) is 10.1 Å². The standard InChI is InChI=1S/C15H17NO/c1-10-7-12(3)14(8-11(10)2)15(17)13-5-4-6-16-9-13/h4-9,15,17H,1-3H3. The van der Waals surface area contributed by atoms with Crippen LogP contribution in [0.4, 0.5) is 0 Å². The third-order valence-corrected chi connectivity index (χ3v) is 3.18. The lowest BCUT2D eigenvalue weighted by Crippen LogP contribution is -2.03. The zero-order valence-electron chi connectivity index (χ0n) is 10.4. The summed E-state index contributed by atoms with van der Waals surface area (Å²) in [4.78, 5) is 4.04. The van der Waals surface area contributed by atoms with E-state index in [0.29, 0.717) is 0 Å². The van der Waals surface area contributed by atoms with E-state index in [1.165, 1.54) is 11.1 Å². The summed E-state index contributed by atoms with van der Waals surface area (Å²) in [6.07, 6.45) is 2.82. The molecule has 0 saturated carbocycles. The average Bonchev–Trinajstić information content (AvgIpc) is 2.34. The number of aliphatic hydroxyl groups is 1. The molecule has 1 aromatic carbocycles. The van der Waals surface area contributed by atoms with Crippen LogP contribution in [0.25, 0.3) is 0 Å². The monoisotopic (exact) mass is 227 g/mol. The molecule has 2 aromatic rings. The first-order valence-electron chi connectivity index (χ1n) is 5.75. The van der Waals surface area contributed by atoms with Crippen molar-refractivity contribution in [2.45, 2.75) is 26.9 Å². The first-order chi connectivity index (χ1) is 8.09. The number of hydrogen-bond donors (Lipinski definition) is 1. The molecule has 1 heterocycles. The van der Waals surface area contributed by atoms with Gasteiger partial charge in [0.05, 0.1) is 0 Å².